The van der Waals surface area contributed by atoms with E-state index in [0.29, 0.717) is 0 Å². The molecule has 0 bridgehead atoms. The lowest BCUT2D eigenvalue weighted by atomic mass is 10.1. The van der Waals surface area contributed by atoms with Crippen LogP contribution in [0.2, 0.25) is 0 Å². The van der Waals surface area contributed by atoms with Gasteiger partial charge in [-0.25, -0.2) is 4.98 Å². The Labute approximate surface area is 113 Å². The number of aliphatic hydroxyl groups excluding tert-OH is 1. The molecular weight excluding hydrogens is 298 g/mol. The van der Waals surface area contributed by atoms with E-state index in [-0.39, 0.29) is 0 Å². The molecule has 0 aliphatic carbocycles. The highest BCUT2D eigenvalue weighted by Gasteiger charge is 2.04. The highest BCUT2D eigenvalue weighted by Crippen LogP contribution is 2.31. The third-order valence-corrected chi connectivity index (χ3v) is 4.23. The number of halogens is 1. The van der Waals surface area contributed by atoms with Crippen LogP contribution in [0.25, 0.3) is 0 Å². The summed E-state index contributed by atoms with van der Waals surface area (Å²) in [4.78, 5) is 5.40. The van der Waals surface area contributed by atoms with Gasteiger partial charge in [-0.15, -0.1) is 0 Å². The third kappa shape index (κ3) is 3.31. The molecule has 0 aliphatic heterocycles. The highest BCUT2D eigenvalue weighted by atomic mass is 79.9. The van der Waals surface area contributed by atoms with Gasteiger partial charge in [-0.1, -0.05) is 23.9 Å². The maximum atomic E-state index is 9.42. The zero-order chi connectivity index (χ0) is 12.3. The number of benzene rings is 1. The van der Waals surface area contributed by atoms with E-state index in [1.165, 1.54) is 0 Å². The molecular formula is C13H12BrNOS. The predicted octanol–water partition coefficient (Wildman–Crippen LogP) is 4.05. The van der Waals surface area contributed by atoms with Gasteiger partial charge in [0.05, 0.1) is 10.6 Å². The van der Waals surface area contributed by atoms with Crippen molar-refractivity contribution in [3.63, 3.8) is 0 Å². The van der Waals surface area contributed by atoms with Gasteiger partial charge in [-0.3, -0.25) is 0 Å². The summed E-state index contributed by atoms with van der Waals surface area (Å²) in [5.74, 6) is 0. The average Bonchev–Trinajstić information content (AvgIpc) is 2.33. The van der Waals surface area contributed by atoms with Crippen LogP contribution in [0.1, 0.15) is 18.6 Å². The van der Waals surface area contributed by atoms with Crippen molar-refractivity contribution in [2.75, 3.05) is 0 Å². The summed E-state index contributed by atoms with van der Waals surface area (Å²) in [7, 11) is 0. The van der Waals surface area contributed by atoms with Crippen LogP contribution in [-0.2, 0) is 0 Å². The first kappa shape index (κ1) is 12.6. The molecule has 0 spiro atoms. The molecule has 1 heterocycles. The van der Waals surface area contributed by atoms with Crippen LogP contribution in [0.5, 0.6) is 0 Å². The number of pyridine rings is 1. The lowest BCUT2D eigenvalue weighted by molar-refractivity contribution is 0.199. The molecule has 1 aromatic heterocycles. The van der Waals surface area contributed by atoms with E-state index in [0.717, 1.165) is 20.0 Å². The number of rotatable bonds is 3. The molecule has 0 saturated heterocycles. The van der Waals surface area contributed by atoms with E-state index in [1.807, 2.05) is 36.4 Å². The van der Waals surface area contributed by atoms with E-state index in [2.05, 4.69) is 20.9 Å². The van der Waals surface area contributed by atoms with Gasteiger partial charge < -0.3 is 5.11 Å². The molecule has 2 nitrogen and oxygen atoms in total. The number of aliphatic hydroxyl groups is 1. The monoisotopic (exact) mass is 309 g/mol. The Kier molecular flexibility index (Phi) is 4.20. The minimum Gasteiger partial charge on any atom is -0.389 e. The number of nitrogens with zero attached hydrogens (tertiary/aromatic N) is 1. The van der Waals surface area contributed by atoms with Crippen LogP contribution in [0.4, 0.5) is 0 Å². The zero-order valence-corrected chi connectivity index (χ0v) is 11.7. The van der Waals surface area contributed by atoms with Crippen molar-refractivity contribution in [3.05, 3.63) is 52.6 Å². The third-order valence-electron chi connectivity index (χ3n) is 2.30. The molecule has 0 unspecified atom stereocenters. The number of hydrogen-bond donors (Lipinski definition) is 1. The van der Waals surface area contributed by atoms with Gasteiger partial charge in [0.1, 0.15) is 5.03 Å². The molecule has 88 valence electrons. The molecule has 0 amide bonds. The molecule has 0 aliphatic rings. The van der Waals surface area contributed by atoms with Gasteiger partial charge in [0.25, 0.3) is 0 Å². The van der Waals surface area contributed by atoms with Crippen molar-refractivity contribution in [3.8, 4) is 0 Å². The molecule has 4 heteroatoms. The van der Waals surface area contributed by atoms with Crippen LogP contribution in [-0.4, -0.2) is 10.1 Å². The first-order valence-corrected chi connectivity index (χ1v) is 6.84. The summed E-state index contributed by atoms with van der Waals surface area (Å²) >= 11 is 5.06. The van der Waals surface area contributed by atoms with Crippen LogP contribution >= 0.6 is 27.7 Å². The van der Waals surface area contributed by atoms with E-state index >= 15 is 0 Å². The van der Waals surface area contributed by atoms with Crippen LogP contribution in [0.15, 0.2) is 57.0 Å². The Hall–Kier alpha value is -0.840. The standard InChI is InChI=1S/C13H12BrNOS/c1-9(16)10-4-6-11(7-5-10)17-13-12(14)3-2-8-15-13/h2-9,16H,1H3/t9-/m0/s1. The van der Waals surface area contributed by atoms with E-state index in [4.69, 9.17) is 0 Å². The first-order valence-electron chi connectivity index (χ1n) is 5.23. The van der Waals surface area contributed by atoms with Crippen molar-refractivity contribution in [2.45, 2.75) is 22.9 Å². The molecule has 2 aromatic rings. The maximum Gasteiger partial charge on any atom is 0.115 e. The second-order valence-electron chi connectivity index (χ2n) is 3.64. The molecule has 2 rings (SSSR count). The van der Waals surface area contributed by atoms with Crippen LogP contribution < -0.4 is 0 Å². The predicted molar refractivity (Wildman–Crippen MR) is 73.1 cm³/mol. The van der Waals surface area contributed by atoms with E-state index in [1.54, 1.807) is 24.9 Å². The lowest BCUT2D eigenvalue weighted by Gasteiger charge is -2.06. The van der Waals surface area contributed by atoms with Crippen molar-refractivity contribution >= 4 is 27.7 Å². The maximum absolute atomic E-state index is 9.42. The van der Waals surface area contributed by atoms with Crippen molar-refractivity contribution in [2.24, 2.45) is 0 Å². The quantitative estimate of drug-likeness (QED) is 0.928. The zero-order valence-electron chi connectivity index (χ0n) is 9.30. The molecule has 0 fully saturated rings. The summed E-state index contributed by atoms with van der Waals surface area (Å²) in [5, 5.41) is 10.4. The fourth-order valence-corrected chi connectivity index (χ4v) is 2.64. The molecule has 0 radical (unpaired) electrons. The van der Waals surface area contributed by atoms with E-state index < -0.39 is 6.10 Å². The summed E-state index contributed by atoms with van der Waals surface area (Å²) in [6.45, 7) is 1.76. The fourth-order valence-electron chi connectivity index (χ4n) is 1.37. The first-order chi connectivity index (χ1) is 8.16. The smallest absolute Gasteiger partial charge is 0.115 e. The van der Waals surface area contributed by atoms with Gasteiger partial charge in [-0.05, 0) is 52.7 Å². The van der Waals surface area contributed by atoms with Crippen molar-refractivity contribution < 1.29 is 5.11 Å². The van der Waals surface area contributed by atoms with Crippen LogP contribution in [0.3, 0.4) is 0 Å². The van der Waals surface area contributed by atoms with Gasteiger partial charge >= 0.3 is 0 Å². The lowest BCUT2D eigenvalue weighted by Crippen LogP contribution is -1.89. The van der Waals surface area contributed by atoms with Crippen molar-refractivity contribution in [1.82, 2.24) is 4.98 Å². The van der Waals surface area contributed by atoms with E-state index in [9.17, 15) is 5.11 Å². The topological polar surface area (TPSA) is 33.1 Å². The summed E-state index contributed by atoms with van der Waals surface area (Å²) in [6, 6.07) is 11.7. The molecule has 0 saturated carbocycles. The normalized spacial score (nSPS) is 12.4. The largest absolute Gasteiger partial charge is 0.389 e. The fraction of sp³-hybridized carbons (Fsp3) is 0.154. The Balaban J connectivity index is 2.17. The number of hydrogen-bond acceptors (Lipinski definition) is 3. The minimum atomic E-state index is -0.421. The molecule has 1 atom stereocenters. The van der Waals surface area contributed by atoms with Crippen molar-refractivity contribution in [1.29, 1.82) is 0 Å². The minimum absolute atomic E-state index is 0.421. The second-order valence-corrected chi connectivity index (χ2v) is 5.55. The Bertz CT molecular complexity index is 499. The summed E-state index contributed by atoms with van der Waals surface area (Å²) < 4.78 is 0.990. The Morgan fingerprint density at radius 2 is 1.94 bits per heavy atom. The van der Waals surface area contributed by atoms with Gasteiger partial charge in [0.15, 0.2) is 0 Å². The number of aromatic nitrogens is 1. The highest BCUT2D eigenvalue weighted by molar-refractivity contribution is 9.10. The Morgan fingerprint density at radius 1 is 1.24 bits per heavy atom. The molecule has 1 N–H and O–H groups in total. The summed E-state index contributed by atoms with van der Waals surface area (Å²) in [6.07, 6.45) is 1.35. The average molecular weight is 310 g/mol. The van der Waals surface area contributed by atoms with Crippen LogP contribution in [0, 0.1) is 0 Å². The van der Waals surface area contributed by atoms with Gasteiger partial charge in [0, 0.05) is 11.1 Å². The SMILES string of the molecule is C[C@H](O)c1ccc(Sc2ncccc2Br)cc1. The second kappa shape index (κ2) is 5.67. The Morgan fingerprint density at radius 3 is 2.53 bits per heavy atom. The summed E-state index contributed by atoms with van der Waals surface area (Å²) in [5.41, 5.74) is 0.925. The molecule has 1 aromatic carbocycles. The molecule has 17 heavy (non-hydrogen) atoms. The van der Waals surface area contributed by atoms with Gasteiger partial charge in [0.2, 0.25) is 0 Å². The van der Waals surface area contributed by atoms with Gasteiger partial charge in [-0.2, -0.15) is 0 Å².